The Bertz CT molecular complexity index is 682. The molecule has 0 spiro atoms. The summed E-state index contributed by atoms with van der Waals surface area (Å²) in [5.41, 5.74) is 0.580. The van der Waals surface area contributed by atoms with Gasteiger partial charge in [-0.2, -0.15) is 0 Å². The van der Waals surface area contributed by atoms with Gasteiger partial charge in [-0.25, -0.2) is 4.90 Å². The highest BCUT2D eigenvalue weighted by molar-refractivity contribution is 6.24. The molecule has 4 atom stereocenters. The largest absolute Gasteiger partial charge is 0.338 e. The second-order valence-corrected chi connectivity index (χ2v) is 5.75. The summed E-state index contributed by atoms with van der Waals surface area (Å²) in [5.74, 6) is -2.02. The van der Waals surface area contributed by atoms with Crippen LogP contribution in [0.15, 0.2) is 42.5 Å². The molecular formula is C16H14N2O3. The molecule has 2 saturated heterocycles. The summed E-state index contributed by atoms with van der Waals surface area (Å²) in [6.45, 7) is 0. The fraction of sp³-hybridized carbons (Fsp3) is 0.312. The number of likely N-dealkylation sites (N-methyl/N-ethyl adjacent to an activating group) is 1. The summed E-state index contributed by atoms with van der Waals surface area (Å²) in [5, 5.41) is 0. The molecule has 0 saturated carbocycles. The minimum atomic E-state index is -0.545. The number of carbonyl (C=O) groups excluding carboxylic acids is 3. The van der Waals surface area contributed by atoms with Crippen molar-refractivity contribution >= 4 is 23.4 Å². The fourth-order valence-electron chi connectivity index (χ4n) is 3.74. The average Bonchev–Trinajstić information content (AvgIpc) is 2.78. The second-order valence-electron chi connectivity index (χ2n) is 5.75. The Morgan fingerprint density at radius 3 is 2.24 bits per heavy atom. The number of amides is 3. The molecule has 1 aromatic carbocycles. The summed E-state index contributed by atoms with van der Waals surface area (Å²) < 4.78 is 0. The summed E-state index contributed by atoms with van der Waals surface area (Å²) in [4.78, 5) is 40.5. The van der Waals surface area contributed by atoms with Crippen LogP contribution in [0.4, 0.5) is 5.69 Å². The summed E-state index contributed by atoms with van der Waals surface area (Å²) >= 11 is 0. The van der Waals surface area contributed by atoms with E-state index in [1.807, 2.05) is 12.1 Å². The summed E-state index contributed by atoms with van der Waals surface area (Å²) in [6.07, 6.45) is 3.67. The number of hydrogen-bond donors (Lipinski definition) is 0. The first-order valence-electron chi connectivity index (χ1n) is 6.99. The molecule has 4 aliphatic rings. The van der Waals surface area contributed by atoms with Crippen molar-refractivity contribution in [2.75, 3.05) is 11.9 Å². The van der Waals surface area contributed by atoms with Gasteiger partial charge in [-0.15, -0.1) is 0 Å². The van der Waals surface area contributed by atoms with Gasteiger partial charge in [0.05, 0.1) is 29.5 Å². The van der Waals surface area contributed by atoms with Gasteiger partial charge in [0.2, 0.25) is 17.7 Å². The van der Waals surface area contributed by atoms with E-state index in [9.17, 15) is 14.4 Å². The topological polar surface area (TPSA) is 57.7 Å². The average molecular weight is 282 g/mol. The van der Waals surface area contributed by atoms with Crippen LogP contribution in [0.5, 0.6) is 0 Å². The highest BCUT2D eigenvalue weighted by atomic mass is 16.2. The van der Waals surface area contributed by atoms with E-state index in [0.29, 0.717) is 5.69 Å². The van der Waals surface area contributed by atoms with Crippen LogP contribution in [-0.4, -0.2) is 35.7 Å². The molecule has 0 aromatic heterocycles. The molecule has 3 amide bonds. The number of carbonyl (C=O) groups is 3. The maximum atomic E-state index is 12.7. The SMILES string of the molecule is CN1C(=O)[C@@H]2C=C[C@@H]1[C@H]1C(=O)N(c3ccccc3)C(=O)[C@@H]12. The van der Waals surface area contributed by atoms with Crippen LogP contribution >= 0.6 is 0 Å². The molecule has 5 rings (SSSR count). The van der Waals surface area contributed by atoms with Gasteiger partial charge in [0.25, 0.3) is 0 Å². The Hall–Kier alpha value is -2.43. The number of anilines is 1. The monoisotopic (exact) mass is 282 g/mol. The third kappa shape index (κ3) is 1.43. The van der Waals surface area contributed by atoms with Crippen molar-refractivity contribution in [1.29, 1.82) is 0 Å². The van der Waals surface area contributed by atoms with Gasteiger partial charge in [0, 0.05) is 7.05 Å². The molecule has 3 heterocycles. The zero-order valence-corrected chi connectivity index (χ0v) is 11.5. The predicted molar refractivity (Wildman–Crippen MR) is 75.1 cm³/mol. The van der Waals surface area contributed by atoms with Crippen molar-refractivity contribution in [2.45, 2.75) is 6.04 Å². The Kier molecular flexibility index (Phi) is 2.37. The third-order valence-electron chi connectivity index (χ3n) is 4.76. The van der Waals surface area contributed by atoms with Gasteiger partial charge in [-0.3, -0.25) is 14.4 Å². The molecule has 1 aromatic rings. The Labute approximate surface area is 121 Å². The molecule has 5 heteroatoms. The van der Waals surface area contributed by atoms with Gasteiger partial charge < -0.3 is 4.90 Å². The van der Waals surface area contributed by atoms with Gasteiger partial charge in [0.15, 0.2) is 0 Å². The van der Waals surface area contributed by atoms with E-state index in [1.165, 1.54) is 4.90 Å². The number of para-hydroxylation sites is 1. The van der Waals surface area contributed by atoms with Crippen molar-refractivity contribution in [2.24, 2.45) is 17.8 Å². The maximum Gasteiger partial charge on any atom is 0.240 e. The van der Waals surface area contributed by atoms with E-state index in [2.05, 4.69) is 0 Å². The maximum absolute atomic E-state index is 12.7. The fourth-order valence-corrected chi connectivity index (χ4v) is 3.74. The van der Waals surface area contributed by atoms with Crippen molar-refractivity contribution in [1.82, 2.24) is 4.90 Å². The molecule has 5 nitrogen and oxygen atoms in total. The van der Waals surface area contributed by atoms with E-state index in [4.69, 9.17) is 0 Å². The normalized spacial score (nSPS) is 33.9. The zero-order valence-electron chi connectivity index (χ0n) is 11.5. The van der Waals surface area contributed by atoms with E-state index in [0.717, 1.165) is 0 Å². The molecular weight excluding hydrogens is 268 g/mol. The molecule has 106 valence electrons. The zero-order chi connectivity index (χ0) is 14.7. The number of imide groups is 1. The lowest BCUT2D eigenvalue weighted by atomic mass is 9.70. The highest BCUT2D eigenvalue weighted by Crippen LogP contribution is 2.46. The summed E-state index contributed by atoms with van der Waals surface area (Å²) in [7, 11) is 1.70. The molecule has 2 fully saturated rings. The van der Waals surface area contributed by atoms with Crippen LogP contribution in [0.2, 0.25) is 0 Å². The Morgan fingerprint density at radius 1 is 0.857 bits per heavy atom. The quantitative estimate of drug-likeness (QED) is 0.566. The van der Waals surface area contributed by atoms with Gasteiger partial charge >= 0.3 is 0 Å². The number of rotatable bonds is 1. The lowest BCUT2D eigenvalue weighted by Crippen LogP contribution is -2.57. The number of benzene rings is 1. The molecule has 0 unspecified atom stereocenters. The molecule has 21 heavy (non-hydrogen) atoms. The third-order valence-corrected chi connectivity index (χ3v) is 4.76. The van der Waals surface area contributed by atoms with Crippen LogP contribution < -0.4 is 4.90 Å². The number of hydrogen-bond acceptors (Lipinski definition) is 3. The molecule has 1 aliphatic carbocycles. The molecule has 2 bridgehead atoms. The second kappa shape index (κ2) is 4.04. The number of nitrogens with zero attached hydrogens (tertiary/aromatic N) is 2. The minimum absolute atomic E-state index is 0.0696. The van der Waals surface area contributed by atoms with Gasteiger partial charge in [-0.1, -0.05) is 30.4 Å². The van der Waals surface area contributed by atoms with Crippen molar-refractivity contribution < 1.29 is 14.4 Å². The minimum Gasteiger partial charge on any atom is -0.338 e. The first-order valence-corrected chi connectivity index (χ1v) is 6.99. The standard InChI is InChI=1S/C16H14N2O3/c1-17-11-8-7-10(14(17)19)12-13(11)16(21)18(15(12)20)9-5-3-2-4-6-9/h2-8,10-13H,1H3/t10-,11-,12-,13-/m1/s1. The van der Waals surface area contributed by atoms with Crippen molar-refractivity contribution in [3.8, 4) is 0 Å². The first-order chi connectivity index (χ1) is 10.1. The number of piperidine rings is 1. The highest BCUT2D eigenvalue weighted by Gasteiger charge is 2.61. The van der Waals surface area contributed by atoms with E-state index in [-0.39, 0.29) is 23.8 Å². The Balaban J connectivity index is 1.80. The van der Waals surface area contributed by atoms with E-state index < -0.39 is 17.8 Å². The molecule has 0 N–H and O–H groups in total. The number of fused-ring (bicyclic) bond motifs is 1. The van der Waals surface area contributed by atoms with Crippen LogP contribution in [0.25, 0.3) is 0 Å². The molecule has 0 radical (unpaired) electrons. The van der Waals surface area contributed by atoms with Crippen LogP contribution in [0.3, 0.4) is 0 Å². The van der Waals surface area contributed by atoms with Gasteiger partial charge in [-0.05, 0) is 12.1 Å². The lowest BCUT2D eigenvalue weighted by Gasteiger charge is -2.44. The van der Waals surface area contributed by atoms with Crippen LogP contribution in [-0.2, 0) is 14.4 Å². The van der Waals surface area contributed by atoms with Crippen molar-refractivity contribution in [3.05, 3.63) is 42.5 Å². The van der Waals surface area contributed by atoms with Crippen LogP contribution in [0.1, 0.15) is 0 Å². The Morgan fingerprint density at radius 2 is 1.52 bits per heavy atom. The van der Waals surface area contributed by atoms with E-state index >= 15 is 0 Å². The first kappa shape index (κ1) is 12.3. The smallest absolute Gasteiger partial charge is 0.240 e. The predicted octanol–water partition coefficient (Wildman–Crippen LogP) is 0.819. The van der Waals surface area contributed by atoms with Crippen molar-refractivity contribution in [3.63, 3.8) is 0 Å². The molecule has 3 aliphatic heterocycles. The lowest BCUT2D eigenvalue weighted by molar-refractivity contribution is -0.148. The van der Waals surface area contributed by atoms with Gasteiger partial charge in [0.1, 0.15) is 0 Å². The van der Waals surface area contributed by atoms with E-state index in [1.54, 1.807) is 42.3 Å². The summed E-state index contributed by atoms with van der Waals surface area (Å²) in [6, 6.07) is 8.61. The van der Waals surface area contributed by atoms with Crippen LogP contribution in [0, 0.1) is 17.8 Å².